The van der Waals surface area contributed by atoms with Gasteiger partial charge in [-0.15, -0.1) is 6.58 Å². The van der Waals surface area contributed by atoms with Gasteiger partial charge in [0, 0.05) is 0 Å². The van der Waals surface area contributed by atoms with Crippen LogP contribution in [-0.4, -0.2) is 24.3 Å². The molecule has 0 saturated carbocycles. The molecule has 3 N–H and O–H groups in total. The monoisotopic (exact) mass is 304 g/mol. The van der Waals surface area contributed by atoms with Gasteiger partial charge in [-0.1, -0.05) is 24.3 Å². The Balaban J connectivity index is 2.97. The number of hydrogen-bond acceptors (Lipinski definition) is 3. The number of alkyl halides is 3. The summed E-state index contributed by atoms with van der Waals surface area (Å²) >= 11 is 0. The number of halogens is 3. The van der Waals surface area contributed by atoms with Crippen LogP contribution in [0.2, 0.25) is 0 Å². The van der Waals surface area contributed by atoms with E-state index in [2.05, 4.69) is 6.58 Å². The van der Waals surface area contributed by atoms with E-state index < -0.39 is 24.1 Å². The van der Waals surface area contributed by atoms with Crippen molar-refractivity contribution in [2.24, 2.45) is 5.84 Å². The van der Waals surface area contributed by atoms with E-state index in [4.69, 9.17) is 10.6 Å². The zero-order valence-electron chi connectivity index (χ0n) is 11.6. The van der Waals surface area contributed by atoms with Crippen molar-refractivity contribution in [3.63, 3.8) is 0 Å². The van der Waals surface area contributed by atoms with E-state index in [9.17, 15) is 18.0 Å². The molecule has 21 heavy (non-hydrogen) atoms. The summed E-state index contributed by atoms with van der Waals surface area (Å²) in [6, 6.07) is 0. The molecule has 0 aliphatic heterocycles. The minimum absolute atomic E-state index is 0.0260. The Morgan fingerprint density at radius 1 is 1.48 bits per heavy atom. The Kier molecular flexibility index (Phi) is 6.17. The van der Waals surface area contributed by atoms with Gasteiger partial charge >= 0.3 is 6.18 Å². The van der Waals surface area contributed by atoms with Crippen LogP contribution in [-0.2, 0) is 9.53 Å². The number of carbonyl (C=O) groups is 1. The number of rotatable bonds is 7. The summed E-state index contributed by atoms with van der Waals surface area (Å²) in [7, 11) is 0. The third-order valence-corrected chi connectivity index (χ3v) is 3.21. The first-order chi connectivity index (χ1) is 9.87. The molecular formula is C14H19F3N2O2. The van der Waals surface area contributed by atoms with Crippen LogP contribution >= 0.6 is 0 Å². The third-order valence-electron chi connectivity index (χ3n) is 3.21. The number of carbonyl (C=O) groups excluding carboxylic acids is 1. The number of hydrazine groups is 1. The van der Waals surface area contributed by atoms with Crippen molar-refractivity contribution in [3.8, 4) is 0 Å². The number of ether oxygens (including phenoxy) is 1. The second kappa shape index (κ2) is 7.42. The quantitative estimate of drug-likeness (QED) is 0.329. The molecule has 1 rings (SSSR count). The van der Waals surface area contributed by atoms with Crippen LogP contribution < -0.4 is 11.3 Å². The predicted molar refractivity (Wildman–Crippen MR) is 73.0 cm³/mol. The van der Waals surface area contributed by atoms with Gasteiger partial charge in [0.05, 0.1) is 6.61 Å². The van der Waals surface area contributed by atoms with Gasteiger partial charge in [0.15, 0.2) is 0 Å². The first-order valence-corrected chi connectivity index (χ1v) is 6.55. The standard InChI is InChI=1S/C14H19F3N2O2/c1-2-3-9-13(12(20)19-18,14(15,16)17)21-10-11-7-5-4-6-8-11/h2,5,7-8H,1,3-4,6,9-10,18H2,(H,19,20). The fourth-order valence-corrected chi connectivity index (χ4v) is 2.01. The molecule has 0 heterocycles. The maximum atomic E-state index is 13.4. The van der Waals surface area contributed by atoms with E-state index in [-0.39, 0.29) is 13.0 Å². The normalized spacial score (nSPS) is 17.8. The summed E-state index contributed by atoms with van der Waals surface area (Å²) in [5.74, 6) is 3.50. The van der Waals surface area contributed by atoms with Crippen molar-refractivity contribution < 1.29 is 22.7 Å². The number of nitrogens with one attached hydrogen (secondary N) is 1. The van der Waals surface area contributed by atoms with Crippen LogP contribution in [0.5, 0.6) is 0 Å². The molecule has 0 saturated heterocycles. The Morgan fingerprint density at radius 3 is 2.67 bits per heavy atom. The minimum atomic E-state index is -4.88. The van der Waals surface area contributed by atoms with Gasteiger partial charge < -0.3 is 4.74 Å². The summed E-state index contributed by atoms with van der Waals surface area (Å²) in [4.78, 5) is 11.7. The molecule has 7 heteroatoms. The van der Waals surface area contributed by atoms with E-state index in [0.29, 0.717) is 5.57 Å². The molecule has 0 spiro atoms. The van der Waals surface area contributed by atoms with Crippen LogP contribution in [0.25, 0.3) is 0 Å². The molecule has 0 fully saturated rings. The van der Waals surface area contributed by atoms with E-state index >= 15 is 0 Å². The van der Waals surface area contributed by atoms with Crippen LogP contribution in [0.4, 0.5) is 13.2 Å². The first kappa shape index (κ1) is 17.5. The highest BCUT2D eigenvalue weighted by atomic mass is 19.4. The molecule has 1 aliphatic carbocycles. The topological polar surface area (TPSA) is 64.3 Å². The Morgan fingerprint density at radius 2 is 2.19 bits per heavy atom. The highest BCUT2D eigenvalue weighted by molar-refractivity contribution is 5.85. The average molecular weight is 304 g/mol. The van der Waals surface area contributed by atoms with Crippen LogP contribution in [0, 0.1) is 0 Å². The molecule has 4 nitrogen and oxygen atoms in total. The fourth-order valence-electron chi connectivity index (χ4n) is 2.01. The summed E-state index contributed by atoms with van der Waals surface area (Å²) in [6.07, 6.45) is 2.74. The molecule has 0 bridgehead atoms. The highest BCUT2D eigenvalue weighted by Crippen LogP contribution is 2.38. The van der Waals surface area contributed by atoms with Crippen molar-refractivity contribution in [1.29, 1.82) is 0 Å². The lowest BCUT2D eigenvalue weighted by atomic mass is 9.95. The first-order valence-electron chi connectivity index (χ1n) is 6.55. The largest absolute Gasteiger partial charge is 0.426 e. The second-order valence-electron chi connectivity index (χ2n) is 4.67. The minimum Gasteiger partial charge on any atom is -0.352 e. The van der Waals surface area contributed by atoms with Gasteiger partial charge in [-0.2, -0.15) is 13.2 Å². The van der Waals surface area contributed by atoms with Crippen molar-refractivity contribution >= 4 is 5.91 Å². The third kappa shape index (κ3) is 4.18. The molecule has 1 atom stereocenters. The van der Waals surface area contributed by atoms with Crippen LogP contribution in [0.1, 0.15) is 25.7 Å². The summed E-state index contributed by atoms with van der Waals surface area (Å²) in [5.41, 5.74) is -0.807. The smallest absolute Gasteiger partial charge is 0.352 e. The zero-order chi connectivity index (χ0) is 15.9. The number of nitrogens with two attached hydrogens (primary N) is 1. The predicted octanol–water partition coefficient (Wildman–Crippen LogP) is 2.54. The van der Waals surface area contributed by atoms with Crippen molar-refractivity contribution in [2.75, 3.05) is 6.61 Å². The van der Waals surface area contributed by atoms with Gasteiger partial charge in [-0.05, 0) is 31.3 Å². The van der Waals surface area contributed by atoms with Gasteiger partial charge in [-0.3, -0.25) is 10.2 Å². The molecule has 1 aliphatic rings. The molecule has 0 aromatic carbocycles. The lowest BCUT2D eigenvalue weighted by Crippen LogP contribution is -2.60. The second-order valence-corrected chi connectivity index (χ2v) is 4.67. The molecule has 118 valence electrons. The molecule has 0 aromatic heterocycles. The highest BCUT2D eigenvalue weighted by Gasteiger charge is 2.61. The van der Waals surface area contributed by atoms with Gasteiger partial charge in [-0.25, -0.2) is 5.84 Å². The van der Waals surface area contributed by atoms with Crippen molar-refractivity contribution in [3.05, 3.63) is 36.5 Å². The van der Waals surface area contributed by atoms with Gasteiger partial charge in [0.2, 0.25) is 5.60 Å². The number of amides is 1. The lowest BCUT2D eigenvalue weighted by molar-refractivity contribution is -0.267. The molecule has 0 radical (unpaired) electrons. The Labute approximate surface area is 121 Å². The van der Waals surface area contributed by atoms with E-state index in [1.165, 1.54) is 6.08 Å². The summed E-state index contributed by atoms with van der Waals surface area (Å²) < 4.78 is 45.1. The number of hydrogen-bond donors (Lipinski definition) is 2. The Hall–Kier alpha value is -1.60. The van der Waals surface area contributed by atoms with Crippen LogP contribution in [0.15, 0.2) is 36.5 Å². The van der Waals surface area contributed by atoms with E-state index in [1.807, 2.05) is 6.08 Å². The zero-order valence-corrected chi connectivity index (χ0v) is 11.6. The Bertz CT molecular complexity index is 444. The van der Waals surface area contributed by atoms with Gasteiger partial charge in [0.1, 0.15) is 0 Å². The fraction of sp³-hybridized carbons (Fsp3) is 0.500. The lowest BCUT2D eigenvalue weighted by Gasteiger charge is -2.33. The summed E-state index contributed by atoms with van der Waals surface area (Å²) in [6.45, 7) is 3.07. The van der Waals surface area contributed by atoms with E-state index in [0.717, 1.165) is 12.8 Å². The van der Waals surface area contributed by atoms with Crippen molar-refractivity contribution in [1.82, 2.24) is 5.43 Å². The molecule has 1 unspecified atom stereocenters. The molecule has 0 aromatic rings. The average Bonchev–Trinajstić information content (AvgIpc) is 2.46. The van der Waals surface area contributed by atoms with Crippen LogP contribution in [0.3, 0.4) is 0 Å². The number of allylic oxidation sites excluding steroid dienone is 3. The maximum absolute atomic E-state index is 13.4. The maximum Gasteiger partial charge on any atom is 0.426 e. The molecular weight excluding hydrogens is 285 g/mol. The SMILES string of the molecule is C=CCCC(OCC1=CCCC=C1)(C(=O)NN)C(F)(F)F. The van der Waals surface area contributed by atoms with E-state index in [1.54, 1.807) is 17.6 Å². The van der Waals surface area contributed by atoms with Gasteiger partial charge in [0.25, 0.3) is 5.91 Å². The molecule has 1 amide bonds. The summed E-state index contributed by atoms with van der Waals surface area (Å²) in [5, 5.41) is 0. The van der Waals surface area contributed by atoms with Crippen molar-refractivity contribution in [2.45, 2.75) is 37.5 Å².